The van der Waals surface area contributed by atoms with Crippen LogP contribution in [0.3, 0.4) is 0 Å². The van der Waals surface area contributed by atoms with Crippen LogP contribution in [0.4, 0.5) is 5.69 Å². The first-order valence-corrected chi connectivity index (χ1v) is 7.54. The Labute approximate surface area is 116 Å². The standard InChI is InChI=1S/C16H26N2O/c1-3-11-17-14-6-5-12-18(13-14)15-7-9-16(10-8-15)19-4-2/h7-10,14,17H,3-6,11-13H2,1-2H3. The van der Waals surface area contributed by atoms with Gasteiger partial charge in [-0.1, -0.05) is 6.92 Å². The third-order valence-electron chi connectivity index (χ3n) is 3.62. The third-order valence-corrected chi connectivity index (χ3v) is 3.62. The average Bonchev–Trinajstić information content (AvgIpc) is 2.46. The SMILES string of the molecule is CCCNC1CCCN(c2ccc(OCC)cc2)C1. The van der Waals surface area contributed by atoms with Crippen molar-refractivity contribution in [3.8, 4) is 5.75 Å². The fourth-order valence-corrected chi connectivity index (χ4v) is 2.65. The van der Waals surface area contributed by atoms with Gasteiger partial charge in [0.2, 0.25) is 0 Å². The maximum absolute atomic E-state index is 5.49. The van der Waals surface area contributed by atoms with Crippen LogP contribution in [0.15, 0.2) is 24.3 Å². The maximum Gasteiger partial charge on any atom is 0.119 e. The Morgan fingerprint density at radius 1 is 1.26 bits per heavy atom. The molecule has 0 bridgehead atoms. The molecule has 1 heterocycles. The van der Waals surface area contributed by atoms with Crippen molar-refractivity contribution >= 4 is 5.69 Å². The minimum absolute atomic E-state index is 0.639. The van der Waals surface area contributed by atoms with Crippen molar-refractivity contribution in [1.29, 1.82) is 0 Å². The zero-order valence-corrected chi connectivity index (χ0v) is 12.2. The van der Waals surface area contributed by atoms with Gasteiger partial charge in [-0.15, -0.1) is 0 Å². The second-order valence-electron chi connectivity index (χ2n) is 5.17. The highest BCUT2D eigenvalue weighted by Gasteiger charge is 2.19. The van der Waals surface area contributed by atoms with Gasteiger partial charge in [-0.2, -0.15) is 0 Å². The van der Waals surface area contributed by atoms with Crippen molar-refractivity contribution in [3.63, 3.8) is 0 Å². The zero-order valence-electron chi connectivity index (χ0n) is 12.2. The van der Waals surface area contributed by atoms with Crippen LogP contribution >= 0.6 is 0 Å². The predicted molar refractivity (Wildman–Crippen MR) is 81.1 cm³/mol. The lowest BCUT2D eigenvalue weighted by Gasteiger charge is -2.35. The molecular weight excluding hydrogens is 236 g/mol. The second kappa shape index (κ2) is 7.39. The van der Waals surface area contributed by atoms with E-state index < -0.39 is 0 Å². The van der Waals surface area contributed by atoms with Crippen molar-refractivity contribution in [1.82, 2.24) is 5.32 Å². The summed E-state index contributed by atoms with van der Waals surface area (Å²) in [5, 5.41) is 3.64. The maximum atomic E-state index is 5.49. The van der Waals surface area contributed by atoms with Crippen molar-refractivity contribution in [2.75, 3.05) is 31.1 Å². The van der Waals surface area contributed by atoms with E-state index in [4.69, 9.17) is 4.74 Å². The summed E-state index contributed by atoms with van der Waals surface area (Å²) in [6.45, 7) is 8.38. The van der Waals surface area contributed by atoms with E-state index in [1.165, 1.54) is 24.9 Å². The first-order chi connectivity index (χ1) is 9.33. The number of benzene rings is 1. The molecular formula is C16H26N2O. The van der Waals surface area contributed by atoms with Gasteiger partial charge < -0.3 is 15.0 Å². The number of piperidine rings is 1. The van der Waals surface area contributed by atoms with E-state index in [1.807, 2.05) is 6.92 Å². The Kier molecular flexibility index (Phi) is 5.52. The van der Waals surface area contributed by atoms with Crippen LogP contribution in [0.1, 0.15) is 33.1 Å². The van der Waals surface area contributed by atoms with Crippen molar-refractivity contribution in [2.45, 2.75) is 39.2 Å². The fraction of sp³-hybridized carbons (Fsp3) is 0.625. The topological polar surface area (TPSA) is 24.5 Å². The van der Waals surface area contributed by atoms with Gasteiger partial charge in [-0.25, -0.2) is 0 Å². The molecule has 1 atom stereocenters. The van der Waals surface area contributed by atoms with E-state index in [2.05, 4.69) is 41.4 Å². The molecule has 1 unspecified atom stereocenters. The first-order valence-electron chi connectivity index (χ1n) is 7.54. The van der Waals surface area contributed by atoms with Crippen molar-refractivity contribution in [2.24, 2.45) is 0 Å². The van der Waals surface area contributed by atoms with E-state index in [-0.39, 0.29) is 0 Å². The lowest BCUT2D eigenvalue weighted by molar-refractivity contribution is 0.340. The summed E-state index contributed by atoms with van der Waals surface area (Å²) in [6, 6.07) is 9.13. The second-order valence-corrected chi connectivity index (χ2v) is 5.17. The number of hydrogen-bond acceptors (Lipinski definition) is 3. The first kappa shape index (κ1) is 14.2. The van der Waals surface area contributed by atoms with Crippen LogP contribution in [0.2, 0.25) is 0 Å². The van der Waals surface area contributed by atoms with Crippen molar-refractivity contribution in [3.05, 3.63) is 24.3 Å². The summed E-state index contributed by atoms with van der Waals surface area (Å²) >= 11 is 0. The van der Waals surface area contributed by atoms with Crippen LogP contribution < -0.4 is 15.0 Å². The molecule has 1 saturated heterocycles. The van der Waals surface area contributed by atoms with Crippen LogP contribution in [0.25, 0.3) is 0 Å². The molecule has 0 spiro atoms. The minimum atomic E-state index is 0.639. The molecule has 3 heteroatoms. The smallest absolute Gasteiger partial charge is 0.119 e. The van der Waals surface area contributed by atoms with Gasteiger partial charge in [-0.05, 0) is 57.0 Å². The Morgan fingerprint density at radius 2 is 2.05 bits per heavy atom. The molecule has 0 aromatic heterocycles. The molecule has 0 radical (unpaired) electrons. The summed E-state index contributed by atoms with van der Waals surface area (Å²) in [6.07, 6.45) is 3.78. The largest absolute Gasteiger partial charge is 0.494 e. The van der Waals surface area contributed by atoms with Gasteiger partial charge >= 0.3 is 0 Å². The van der Waals surface area contributed by atoms with Crippen LogP contribution in [-0.4, -0.2) is 32.3 Å². The van der Waals surface area contributed by atoms with Gasteiger partial charge in [0, 0.05) is 24.8 Å². The van der Waals surface area contributed by atoms with Crippen LogP contribution in [-0.2, 0) is 0 Å². The molecule has 3 nitrogen and oxygen atoms in total. The lowest BCUT2D eigenvalue weighted by Crippen LogP contribution is -2.46. The summed E-state index contributed by atoms with van der Waals surface area (Å²) in [5.41, 5.74) is 1.31. The Hall–Kier alpha value is -1.22. The van der Waals surface area contributed by atoms with Gasteiger partial charge in [0.1, 0.15) is 5.75 Å². The lowest BCUT2D eigenvalue weighted by atomic mass is 10.0. The Morgan fingerprint density at radius 3 is 2.74 bits per heavy atom. The number of rotatable bonds is 6. The number of nitrogens with zero attached hydrogens (tertiary/aromatic N) is 1. The zero-order chi connectivity index (χ0) is 13.5. The monoisotopic (exact) mass is 262 g/mol. The molecule has 19 heavy (non-hydrogen) atoms. The molecule has 0 saturated carbocycles. The molecule has 1 aromatic rings. The molecule has 1 fully saturated rings. The molecule has 1 N–H and O–H groups in total. The molecule has 1 aromatic carbocycles. The van der Waals surface area contributed by atoms with Crippen molar-refractivity contribution < 1.29 is 4.74 Å². The van der Waals surface area contributed by atoms with Crippen LogP contribution in [0.5, 0.6) is 5.75 Å². The summed E-state index contributed by atoms with van der Waals surface area (Å²) < 4.78 is 5.49. The predicted octanol–water partition coefficient (Wildman–Crippen LogP) is 3.05. The van der Waals surface area contributed by atoms with Gasteiger partial charge in [0.15, 0.2) is 0 Å². The number of hydrogen-bond donors (Lipinski definition) is 1. The highest BCUT2D eigenvalue weighted by molar-refractivity contribution is 5.49. The summed E-state index contributed by atoms with van der Waals surface area (Å²) in [5.74, 6) is 0.962. The summed E-state index contributed by atoms with van der Waals surface area (Å²) in [7, 11) is 0. The van der Waals surface area contributed by atoms with Gasteiger partial charge in [-0.3, -0.25) is 0 Å². The normalized spacial score (nSPS) is 19.5. The molecule has 106 valence electrons. The van der Waals surface area contributed by atoms with E-state index in [1.54, 1.807) is 0 Å². The molecule has 0 aliphatic carbocycles. The minimum Gasteiger partial charge on any atom is -0.494 e. The average molecular weight is 262 g/mol. The van der Waals surface area contributed by atoms with Gasteiger partial charge in [0.05, 0.1) is 6.61 Å². The molecule has 0 amide bonds. The van der Waals surface area contributed by atoms with E-state index in [9.17, 15) is 0 Å². The Balaban J connectivity index is 1.92. The number of anilines is 1. The van der Waals surface area contributed by atoms with E-state index in [0.29, 0.717) is 6.04 Å². The highest BCUT2D eigenvalue weighted by atomic mass is 16.5. The molecule has 1 aliphatic rings. The number of ether oxygens (including phenoxy) is 1. The molecule has 2 rings (SSSR count). The third kappa shape index (κ3) is 4.13. The van der Waals surface area contributed by atoms with E-state index in [0.717, 1.165) is 32.0 Å². The quantitative estimate of drug-likeness (QED) is 0.853. The van der Waals surface area contributed by atoms with Gasteiger partial charge in [0.25, 0.3) is 0 Å². The summed E-state index contributed by atoms with van der Waals surface area (Å²) in [4.78, 5) is 2.48. The van der Waals surface area contributed by atoms with Crippen LogP contribution in [0, 0.1) is 0 Å². The Bertz CT molecular complexity index is 364. The number of nitrogens with one attached hydrogen (secondary N) is 1. The van der Waals surface area contributed by atoms with E-state index >= 15 is 0 Å². The highest BCUT2D eigenvalue weighted by Crippen LogP contribution is 2.23. The fourth-order valence-electron chi connectivity index (χ4n) is 2.65. The molecule has 1 aliphatic heterocycles.